The van der Waals surface area contributed by atoms with Gasteiger partial charge in [0.25, 0.3) is 10.1 Å². The molecule has 1 saturated heterocycles. The highest BCUT2D eigenvalue weighted by Gasteiger charge is 2.19. The zero-order valence-electron chi connectivity index (χ0n) is 16.9. The van der Waals surface area contributed by atoms with Crippen LogP contribution in [-0.4, -0.2) is 52.5 Å². The number of azo groups is 1. The van der Waals surface area contributed by atoms with Gasteiger partial charge < -0.3 is 19.1 Å². The summed E-state index contributed by atoms with van der Waals surface area (Å²) in [7, 11) is -4.25. The topological polar surface area (TPSA) is 110 Å². The van der Waals surface area contributed by atoms with Gasteiger partial charge in [0.05, 0.1) is 42.7 Å². The monoisotopic (exact) mass is 435 g/mol. The molecule has 162 valence electrons. The van der Waals surface area contributed by atoms with E-state index in [0.717, 1.165) is 18.8 Å². The molecule has 2 aromatic carbocycles. The normalized spacial score (nSPS) is 14.8. The Morgan fingerprint density at radius 3 is 2.23 bits per heavy atom. The molecule has 0 aliphatic carbocycles. The summed E-state index contributed by atoms with van der Waals surface area (Å²) in [5.41, 5.74) is 1.84. The van der Waals surface area contributed by atoms with Crippen molar-refractivity contribution in [2.24, 2.45) is 10.2 Å². The fraction of sp³-hybridized carbons (Fsp3) is 0.400. The molecule has 1 N–H and O–H groups in total. The van der Waals surface area contributed by atoms with E-state index in [1.165, 1.54) is 24.3 Å². The maximum Gasteiger partial charge on any atom is 0.294 e. The summed E-state index contributed by atoms with van der Waals surface area (Å²) in [4.78, 5) is 1.98. The first-order valence-corrected chi connectivity index (χ1v) is 11.1. The van der Waals surface area contributed by atoms with Gasteiger partial charge in [0.1, 0.15) is 17.2 Å². The molecule has 0 bridgehead atoms. The van der Waals surface area contributed by atoms with Crippen LogP contribution >= 0.6 is 0 Å². The second-order valence-electron chi connectivity index (χ2n) is 6.42. The molecule has 1 aliphatic heterocycles. The minimum atomic E-state index is -4.25. The molecule has 0 radical (unpaired) electrons. The Morgan fingerprint density at radius 2 is 1.63 bits per heavy atom. The van der Waals surface area contributed by atoms with Gasteiger partial charge in [-0.05, 0) is 38.1 Å². The van der Waals surface area contributed by atoms with Gasteiger partial charge in [0.15, 0.2) is 0 Å². The first-order chi connectivity index (χ1) is 14.4. The smallest absolute Gasteiger partial charge is 0.294 e. The zero-order valence-corrected chi connectivity index (χ0v) is 17.8. The fourth-order valence-corrected chi connectivity index (χ4v) is 3.49. The van der Waals surface area contributed by atoms with Crippen molar-refractivity contribution < 1.29 is 27.2 Å². The molecule has 3 rings (SSSR count). The molecule has 0 unspecified atom stereocenters. The second-order valence-corrected chi connectivity index (χ2v) is 7.84. The lowest BCUT2D eigenvalue weighted by atomic mass is 10.2. The van der Waals surface area contributed by atoms with Gasteiger partial charge in [-0.25, -0.2) is 0 Å². The summed E-state index contributed by atoms with van der Waals surface area (Å²) in [6.07, 6.45) is 0. The Kier molecular flexibility index (Phi) is 7.24. The standard InChI is InChI=1S/C20H25N3O6S/c1-3-28-19-14-18(23-9-11-27-12-10-23)20(29-4-2)13-17(19)22-21-15-5-7-16(8-6-15)30(24,25)26/h5-8,13-14H,3-4,9-12H2,1-2H3,(H,24,25,26). The van der Waals surface area contributed by atoms with Gasteiger partial charge in [-0.3, -0.25) is 4.55 Å². The number of anilines is 1. The number of rotatable bonds is 8. The average Bonchev–Trinajstić information content (AvgIpc) is 2.74. The molecule has 0 saturated carbocycles. The summed E-state index contributed by atoms with van der Waals surface area (Å²) in [6.45, 7) is 7.57. The molecular weight excluding hydrogens is 410 g/mol. The van der Waals surface area contributed by atoms with E-state index in [-0.39, 0.29) is 4.90 Å². The maximum atomic E-state index is 11.2. The minimum Gasteiger partial charge on any atom is -0.492 e. The van der Waals surface area contributed by atoms with Crippen molar-refractivity contribution in [1.82, 2.24) is 0 Å². The van der Waals surface area contributed by atoms with Crippen molar-refractivity contribution >= 4 is 27.2 Å². The van der Waals surface area contributed by atoms with Crippen LogP contribution in [0.25, 0.3) is 0 Å². The van der Waals surface area contributed by atoms with Crippen LogP contribution in [-0.2, 0) is 14.9 Å². The van der Waals surface area contributed by atoms with Crippen molar-refractivity contribution in [1.29, 1.82) is 0 Å². The number of nitrogens with zero attached hydrogens (tertiary/aromatic N) is 3. The summed E-state index contributed by atoms with van der Waals surface area (Å²) in [6, 6.07) is 9.13. The minimum absolute atomic E-state index is 0.204. The Balaban J connectivity index is 1.94. The second kappa shape index (κ2) is 9.88. The average molecular weight is 436 g/mol. The number of hydrogen-bond acceptors (Lipinski definition) is 8. The third-order valence-corrected chi connectivity index (χ3v) is 5.27. The Bertz CT molecular complexity index is 986. The van der Waals surface area contributed by atoms with Crippen molar-refractivity contribution in [2.45, 2.75) is 18.7 Å². The van der Waals surface area contributed by atoms with Gasteiger partial charge in [0.2, 0.25) is 0 Å². The van der Waals surface area contributed by atoms with Crippen LogP contribution in [0, 0.1) is 0 Å². The van der Waals surface area contributed by atoms with E-state index in [1.807, 2.05) is 19.9 Å². The number of morpholine rings is 1. The van der Waals surface area contributed by atoms with E-state index in [4.69, 9.17) is 18.8 Å². The highest BCUT2D eigenvalue weighted by molar-refractivity contribution is 7.85. The van der Waals surface area contributed by atoms with E-state index in [9.17, 15) is 8.42 Å². The molecule has 1 fully saturated rings. The first kappa shape index (κ1) is 22.0. The predicted molar refractivity (Wildman–Crippen MR) is 112 cm³/mol. The third-order valence-electron chi connectivity index (χ3n) is 4.40. The lowest BCUT2D eigenvalue weighted by Gasteiger charge is -2.30. The molecule has 10 heteroatoms. The van der Waals surface area contributed by atoms with E-state index < -0.39 is 10.1 Å². The SMILES string of the molecule is CCOc1cc(N2CCOCC2)c(OCC)cc1N=Nc1ccc(S(=O)(=O)O)cc1. The van der Waals surface area contributed by atoms with Crippen molar-refractivity contribution in [3.05, 3.63) is 36.4 Å². The summed E-state index contributed by atoms with van der Waals surface area (Å²) in [5, 5.41) is 8.45. The molecule has 1 heterocycles. The fourth-order valence-electron chi connectivity index (χ4n) is 3.01. The van der Waals surface area contributed by atoms with Gasteiger partial charge in [0, 0.05) is 25.2 Å². The Labute approximate surface area is 176 Å². The molecule has 0 spiro atoms. The number of ether oxygens (including phenoxy) is 3. The van der Waals surface area contributed by atoms with Crippen LogP contribution in [0.1, 0.15) is 13.8 Å². The van der Waals surface area contributed by atoms with Crippen LogP contribution in [0.5, 0.6) is 11.5 Å². The number of benzene rings is 2. The van der Waals surface area contributed by atoms with Crippen molar-refractivity contribution in [3.63, 3.8) is 0 Å². The summed E-state index contributed by atoms with van der Waals surface area (Å²) >= 11 is 0. The van der Waals surface area contributed by atoms with Crippen LogP contribution < -0.4 is 14.4 Å². The van der Waals surface area contributed by atoms with Gasteiger partial charge in [-0.1, -0.05) is 0 Å². The van der Waals surface area contributed by atoms with Crippen LogP contribution in [0.15, 0.2) is 51.5 Å². The molecule has 0 aromatic heterocycles. The third kappa shape index (κ3) is 5.47. The molecule has 0 atom stereocenters. The highest BCUT2D eigenvalue weighted by Crippen LogP contribution is 2.41. The van der Waals surface area contributed by atoms with Crippen LogP contribution in [0.2, 0.25) is 0 Å². The zero-order chi connectivity index (χ0) is 21.6. The van der Waals surface area contributed by atoms with Crippen molar-refractivity contribution in [3.8, 4) is 11.5 Å². The first-order valence-electron chi connectivity index (χ1n) is 9.68. The number of hydrogen-bond donors (Lipinski definition) is 1. The van der Waals surface area contributed by atoms with Crippen LogP contribution in [0.3, 0.4) is 0 Å². The molecule has 0 amide bonds. The summed E-state index contributed by atoms with van der Waals surface area (Å²) < 4.78 is 48.4. The van der Waals surface area contributed by atoms with Gasteiger partial charge >= 0.3 is 0 Å². The molecule has 1 aliphatic rings. The molecular formula is C20H25N3O6S. The maximum absolute atomic E-state index is 11.2. The molecule has 9 nitrogen and oxygen atoms in total. The summed E-state index contributed by atoms with van der Waals surface area (Å²) in [5.74, 6) is 1.25. The van der Waals surface area contributed by atoms with E-state index in [2.05, 4.69) is 15.1 Å². The lowest BCUT2D eigenvalue weighted by molar-refractivity contribution is 0.122. The van der Waals surface area contributed by atoms with Gasteiger partial charge in [-0.15, -0.1) is 5.11 Å². The quantitative estimate of drug-likeness (QED) is 0.493. The lowest BCUT2D eigenvalue weighted by Crippen LogP contribution is -2.36. The van der Waals surface area contributed by atoms with Gasteiger partial charge in [-0.2, -0.15) is 13.5 Å². The Morgan fingerprint density at radius 1 is 1.00 bits per heavy atom. The highest BCUT2D eigenvalue weighted by atomic mass is 32.2. The predicted octanol–water partition coefficient (Wildman–Crippen LogP) is 3.98. The largest absolute Gasteiger partial charge is 0.492 e. The van der Waals surface area contributed by atoms with E-state index in [1.54, 1.807) is 6.07 Å². The molecule has 2 aromatic rings. The van der Waals surface area contributed by atoms with Crippen molar-refractivity contribution in [2.75, 3.05) is 44.4 Å². The Hall–Kier alpha value is -2.69. The van der Waals surface area contributed by atoms with Crippen LogP contribution in [0.4, 0.5) is 17.1 Å². The van der Waals surface area contributed by atoms with E-state index >= 15 is 0 Å². The molecule has 30 heavy (non-hydrogen) atoms. The van der Waals surface area contributed by atoms with E-state index in [0.29, 0.717) is 49.3 Å².